The van der Waals surface area contributed by atoms with Gasteiger partial charge >= 0.3 is 0 Å². The predicted molar refractivity (Wildman–Crippen MR) is 186 cm³/mol. The molecule has 1 atom stereocenters. The molecular formula is C37H43N3O7S. The van der Waals surface area contributed by atoms with Gasteiger partial charge in [-0.15, -0.1) is 0 Å². The highest BCUT2D eigenvalue weighted by molar-refractivity contribution is 7.92. The average Bonchev–Trinajstić information content (AvgIpc) is 3.08. The van der Waals surface area contributed by atoms with E-state index in [1.54, 1.807) is 49.6 Å². The van der Waals surface area contributed by atoms with Gasteiger partial charge in [-0.3, -0.25) is 13.9 Å². The molecule has 0 heterocycles. The molecule has 0 saturated carbocycles. The summed E-state index contributed by atoms with van der Waals surface area (Å²) in [5.41, 5.74) is 1.11. The Bertz CT molecular complexity index is 1790. The van der Waals surface area contributed by atoms with Crippen LogP contribution in [-0.2, 0) is 32.6 Å². The number of carbonyl (C=O) groups is 2. The number of nitrogens with one attached hydrogen (secondary N) is 1. The van der Waals surface area contributed by atoms with Crippen LogP contribution >= 0.6 is 0 Å². The second-order valence-electron chi connectivity index (χ2n) is 12.2. The number of amides is 2. The van der Waals surface area contributed by atoms with Gasteiger partial charge in [0.05, 0.1) is 31.9 Å². The van der Waals surface area contributed by atoms with Gasteiger partial charge in [0.25, 0.3) is 10.0 Å². The van der Waals surface area contributed by atoms with Crippen LogP contribution in [0.5, 0.6) is 17.2 Å². The van der Waals surface area contributed by atoms with E-state index in [9.17, 15) is 18.0 Å². The number of hydrogen-bond donors (Lipinski definition) is 1. The molecule has 48 heavy (non-hydrogen) atoms. The number of rotatable bonds is 14. The summed E-state index contributed by atoms with van der Waals surface area (Å²) in [6.07, 6.45) is 0.193. The highest BCUT2D eigenvalue weighted by atomic mass is 32.2. The Morgan fingerprint density at radius 3 is 2.00 bits per heavy atom. The van der Waals surface area contributed by atoms with Crippen LogP contribution in [0.3, 0.4) is 0 Å². The minimum atomic E-state index is -4.33. The van der Waals surface area contributed by atoms with E-state index in [2.05, 4.69) is 5.32 Å². The van der Waals surface area contributed by atoms with Crippen molar-refractivity contribution >= 4 is 27.5 Å². The van der Waals surface area contributed by atoms with Crippen molar-refractivity contribution in [3.8, 4) is 17.2 Å². The van der Waals surface area contributed by atoms with E-state index >= 15 is 0 Å². The zero-order valence-corrected chi connectivity index (χ0v) is 29.0. The summed E-state index contributed by atoms with van der Waals surface area (Å²) >= 11 is 0. The van der Waals surface area contributed by atoms with Crippen molar-refractivity contribution in [2.24, 2.45) is 0 Å². The van der Waals surface area contributed by atoms with Crippen LogP contribution in [0.1, 0.15) is 31.9 Å². The van der Waals surface area contributed by atoms with Crippen molar-refractivity contribution in [2.75, 3.05) is 32.2 Å². The fraction of sp³-hybridized carbons (Fsp3) is 0.297. The third kappa shape index (κ3) is 9.07. The van der Waals surface area contributed by atoms with Gasteiger partial charge in [-0.2, -0.15) is 0 Å². The largest absolute Gasteiger partial charge is 0.497 e. The molecule has 0 saturated heterocycles. The van der Waals surface area contributed by atoms with E-state index in [1.807, 2.05) is 57.2 Å². The maximum Gasteiger partial charge on any atom is 0.264 e. The number of sulfonamides is 1. The van der Waals surface area contributed by atoms with Crippen molar-refractivity contribution in [3.05, 3.63) is 114 Å². The number of methoxy groups -OCH3 is 3. The molecule has 0 aliphatic rings. The predicted octanol–water partition coefficient (Wildman–Crippen LogP) is 5.46. The van der Waals surface area contributed by atoms with Crippen LogP contribution in [0.15, 0.2) is 108 Å². The van der Waals surface area contributed by atoms with E-state index in [1.165, 1.54) is 43.4 Å². The lowest BCUT2D eigenvalue weighted by Gasteiger charge is -2.35. The fourth-order valence-corrected chi connectivity index (χ4v) is 6.62. The Kier molecular flexibility index (Phi) is 11.7. The number of hydrogen-bond acceptors (Lipinski definition) is 7. The van der Waals surface area contributed by atoms with Crippen LogP contribution in [0.25, 0.3) is 0 Å². The van der Waals surface area contributed by atoms with Gasteiger partial charge in [0, 0.05) is 18.5 Å². The smallest absolute Gasteiger partial charge is 0.264 e. The number of para-hydroxylation sites is 2. The molecule has 4 rings (SSSR count). The average molecular weight is 674 g/mol. The van der Waals surface area contributed by atoms with Gasteiger partial charge in [0.15, 0.2) is 0 Å². The number of benzene rings is 4. The fourth-order valence-electron chi connectivity index (χ4n) is 5.20. The van der Waals surface area contributed by atoms with Crippen LogP contribution in [-0.4, -0.2) is 64.6 Å². The molecule has 0 aromatic heterocycles. The minimum absolute atomic E-state index is 0.00739. The number of anilines is 1. The van der Waals surface area contributed by atoms with Crippen molar-refractivity contribution in [1.82, 2.24) is 10.2 Å². The third-order valence-corrected chi connectivity index (χ3v) is 9.31. The van der Waals surface area contributed by atoms with Crippen molar-refractivity contribution in [1.29, 1.82) is 0 Å². The van der Waals surface area contributed by atoms with Gasteiger partial charge in [0.1, 0.15) is 29.8 Å². The molecule has 0 aliphatic carbocycles. The Morgan fingerprint density at radius 2 is 1.38 bits per heavy atom. The summed E-state index contributed by atoms with van der Waals surface area (Å²) in [7, 11) is 0.139. The maximum absolute atomic E-state index is 14.7. The quantitative estimate of drug-likeness (QED) is 0.189. The van der Waals surface area contributed by atoms with E-state index in [-0.39, 0.29) is 35.2 Å². The second kappa shape index (κ2) is 15.7. The monoisotopic (exact) mass is 673 g/mol. The molecule has 0 aliphatic heterocycles. The lowest BCUT2D eigenvalue weighted by molar-refractivity contribution is -0.140. The highest BCUT2D eigenvalue weighted by Crippen LogP contribution is 2.33. The van der Waals surface area contributed by atoms with Crippen molar-refractivity contribution in [3.63, 3.8) is 0 Å². The topological polar surface area (TPSA) is 114 Å². The number of nitrogens with zero attached hydrogens (tertiary/aromatic N) is 2. The van der Waals surface area contributed by atoms with Crippen LogP contribution < -0.4 is 23.8 Å². The Hall–Kier alpha value is -5.03. The lowest BCUT2D eigenvalue weighted by Crippen LogP contribution is -2.56. The zero-order chi connectivity index (χ0) is 34.9. The second-order valence-corrected chi connectivity index (χ2v) is 14.0. The maximum atomic E-state index is 14.7. The number of ether oxygens (including phenoxy) is 3. The molecule has 0 radical (unpaired) electrons. The van der Waals surface area contributed by atoms with Crippen LogP contribution in [0.2, 0.25) is 0 Å². The molecule has 11 heteroatoms. The molecule has 0 bridgehead atoms. The molecule has 0 unspecified atom stereocenters. The van der Waals surface area contributed by atoms with E-state index in [0.29, 0.717) is 17.1 Å². The summed E-state index contributed by atoms with van der Waals surface area (Å²) in [5.74, 6) is 0.353. The molecule has 254 valence electrons. The third-order valence-electron chi connectivity index (χ3n) is 7.54. The Labute approximate surface area is 283 Å². The summed E-state index contributed by atoms with van der Waals surface area (Å²) in [4.78, 5) is 30.2. The molecular weight excluding hydrogens is 630 g/mol. The van der Waals surface area contributed by atoms with Gasteiger partial charge in [-0.25, -0.2) is 8.42 Å². The molecule has 0 spiro atoms. The molecule has 0 fully saturated rings. The molecule has 4 aromatic carbocycles. The minimum Gasteiger partial charge on any atom is -0.497 e. The van der Waals surface area contributed by atoms with E-state index in [0.717, 1.165) is 9.87 Å². The molecule has 2 amide bonds. The molecule has 1 N–H and O–H groups in total. The normalized spacial score (nSPS) is 12.0. The first-order valence-corrected chi connectivity index (χ1v) is 16.9. The summed E-state index contributed by atoms with van der Waals surface area (Å²) in [6.45, 7) is 4.98. The standard InChI is InChI=1S/C37H43N3O7S/c1-37(2,3)38-36(42)33(24-27-13-8-7-9-14-27)39(25-28-15-12-16-30(23-28)46-5)35(41)26-40(32-17-10-11-18-34(32)47-6)48(43,44)31-21-19-29(45-4)20-22-31/h7-23,33H,24-26H2,1-6H3,(H,38,42)/t33-/m1/s1. The SMILES string of the molecule is COc1ccc(S(=O)(=O)N(CC(=O)N(Cc2cccc(OC)c2)[C@H](Cc2ccccc2)C(=O)NC(C)(C)C)c2ccccc2OC)cc1. The lowest BCUT2D eigenvalue weighted by atomic mass is 10.0. The first-order valence-electron chi connectivity index (χ1n) is 15.4. The Balaban J connectivity index is 1.85. The first-order chi connectivity index (χ1) is 22.9. The molecule has 4 aromatic rings. The summed E-state index contributed by atoms with van der Waals surface area (Å²) in [6, 6.07) is 28.1. The van der Waals surface area contributed by atoms with Gasteiger partial charge in [-0.1, -0.05) is 54.6 Å². The molecule has 10 nitrogen and oxygen atoms in total. The van der Waals surface area contributed by atoms with E-state index in [4.69, 9.17) is 14.2 Å². The zero-order valence-electron chi connectivity index (χ0n) is 28.2. The highest BCUT2D eigenvalue weighted by Gasteiger charge is 2.36. The first kappa shape index (κ1) is 35.8. The van der Waals surface area contributed by atoms with Crippen molar-refractivity contribution < 1.29 is 32.2 Å². The van der Waals surface area contributed by atoms with Crippen LogP contribution in [0, 0.1) is 0 Å². The Morgan fingerprint density at radius 1 is 0.750 bits per heavy atom. The number of carbonyl (C=O) groups excluding carboxylic acids is 2. The van der Waals surface area contributed by atoms with Gasteiger partial charge in [-0.05, 0) is 80.4 Å². The summed E-state index contributed by atoms with van der Waals surface area (Å²) in [5, 5.41) is 3.03. The summed E-state index contributed by atoms with van der Waals surface area (Å²) < 4.78 is 45.9. The van der Waals surface area contributed by atoms with Gasteiger partial charge in [0.2, 0.25) is 11.8 Å². The van der Waals surface area contributed by atoms with Crippen LogP contribution in [0.4, 0.5) is 5.69 Å². The van der Waals surface area contributed by atoms with Crippen molar-refractivity contribution in [2.45, 2.75) is 50.2 Å². The van der Waals surface area contributed by atoms with Gasteiger partial charge < -0.3 is 24.4 Å². The van der Waals surface area contributed by atoms with E-state index < -0.39 is 34.1 Å².